The lowest BCUT2D eigenvalue weighted by Crippen LogP contribution is -2.18. The minimum absolute atomic E-state index is 0.0402. The topological polar surface area (TPSA) is 31.0 Å². The molecule has 0 amide bonds. The average Bonchev–Trinajstić information content (AvgIpc) is 2.70. The van der Waals surface area contributed by atoms with Crippen molar-refractivity contribution in [2.75, 3.05) is 27.1 Å². The van der Waals surface area contributed by atoms with Gasteiger partial charge in [-0.15, -0.1) is 0 Å². The maximum Gasteiger partial charge on any atom is 0.146 e. The van der Waals surface area contributed by atoms with Crippen LogP contribution in [0.2, 0.25) is 0 Å². The largest absolute Gasteiger partial charge is 0.367 e. The molecule has 1 unspecified atom stereocenters. The molecular weight excluding hydrogens is 132 g/mol. The summed E-state index contributed by atoms with van der Waals surface area (Å²) in [4.78, 5) is 0. The summed E-state index contributed by atoms with van der Waals surface area (Å²) in [7, 11) is 1.62. The van der Waals surface area contributed by atoms with Crippen LogP contribution in [0.3, 0.4) is 0 Å². The van der Waals surface area contributed by atoms with Crippen molar-refractivity contribution in [2.45, 2.75) is 18.9 Å². The van der Waals surface area contributed by atoms with Crippen molar-refractivity contribution < 1.29 is 14.2 Å². The number of hydrogen-bond donors (Lipinski definition) is 0. The summed E-state index contributed by atoms with van der Waals surface area (Å²) in [6.45, 7) is 3.97. The van der Waals surface area contributed by atoms with Crippen molar-refractivity contribution in [1.29, 1.82) is 0 Å². The first-order valence-electron chi connectivity index (χ1n) is 3.53. The molecule has 3 heteroatoms. The van der Waals surface area contributed by atoms with Crippen molar-refractivity contribution in [2.24, 2.45) is 0 Å². The Labute approximate surface area is 61.3 Å². The van der Waals surface area contributed by atoms with E-state index in [1.807, 2.05) is 0 Å². The Morgan fingerprint density at radius 2 is 2.30 bits per heavy atom. The highest BCUT2D eigenvalue weighted by atomic mass is 16.7. The maximum absolute atomic E-state index is 5.21. The van der Waals surface area contributed by atoms with E-state index in [1.165, 1.54) is 0 Å². The van der Waals surface area contributed by atoms with Gasteiger partial charge in [0.1, 0.15) is 12.4 Å². The second kappa shape index (κ2) is 3.32. The van der Waals surface area contributed by atoms with Crippen LogP contribution in [-0.2, 0) is 14.2 Å². The third kappa shape index (κ3) is 1.94. The summed E-state index contributed by atoms with van der Waals surface area (Å²) in [5.41, 5.74) is 0.0402. The van der Waals surface area contributed by atoms with Crippen LogP contribution in [0.5, 0.6) is 0 Å². The second-order valence-corrected chi connectivity index (χ2v) is 2.58. The Kier molecular flexibility index (Phi) is 2.65. The van der Waals surface area contributed by atoms with E-state index in [4.69, 9.17) is 14.2 Å². The first-order valence-corrected chi connectivity index (χ1v) is 3.53. The molecule has 0 bridgehead atoms. The molecule has 1 saturated heterocycles. The van der Waals surface area contributed by atoms with Crippen LogP contribution in [0.15, 0.2) is 0 Å². The summed E-state index contributed by atoms with van der Waals surface area (Å²) in [5, 5.41) is 0. The van der Waals surface area contributed by atoms with Crippen molar-refractivity contribution >= 4 is 0 Å². The fourth-order valence-electron chi connectivity index (χ4n) is 0.803. The SMILES string of the molecule is CCC1(COCOC)CO1. The van der Waals surface area contributed by atoms with Gasteiger partial charge in [0.2, 0.25) is 0 Å². The standard InChI is InChI=1S/C7H14O3/c1-3-7(5-10-7)4-9-6-8-2/h3-6H2,1-2H3. The molecule has 0 aromatic carbocycles. The second-order valence-electron chi connectivity index (χ2n) is 2.58. The Balaban J connectivity index is 2.01. The minimum Gasteiger partial charge on any atom is -0.367 e. The van der Waals surface area contributed by atoms with Gasteiger partial charge in [-0.25, -0.2) is 0 Å². The van der Waals surface area contributed by atoms with E-state index in [-0.39, 0.29) is 5.60 Å². The zero-order valence-electron chi connectivity index (χ0n) is 6.55. The molecule has 1 atom stereocenters. The number of rotatable bonds is 5. The number of hydrogen-bond acceptors (Lipinski definition) is 3. The minimum atomic E-state index is 0.0402. The first kappa shape index (κ1) is 7.98. The third-order valence-electron chi connectivity index (χ3n) is 1.76. The normalized spacial score (nSPS) is 30.6. The molecule has 1 fully saturated rings. The van der Waals surface area contributed by atoms with Crippen molar-refractivity contribution in [3.63, 3.8) is 0 Å². The van der Waals surface area contributed by atoms with Crippen LogP contribution >= 0.6 is 0 Å². The van der Waals surface area contributed by atoms with Crippen LogP contribution < -0.4 is 0 Å². The van der Waals surface area contributed by atoms with Crippen molar-refractivity contribution in [3.8, 4) is 0 Å². The molecule has 0 aromatic heterocycles. The summed E-state index contributed by atoms with van der Waals surface area (Å²) in [6, 6.07) is 0. The van der Waals surface area contributed by atoms with Crippen LogP contribution in [-0.4, -0.2) is 32.7 Å². The zero-order chi connectivity index (χ0) is 7.45. The van der Waals surface area contributed by atoms with Gasteiger partial charge >= 0.3 is 0 Å². The molecule has 0 N–H and O–H groups in total. The maximum atomic E-state index is 5.21. The van der Waals surface area contributed by atoms with Gasteiger partial charge < -0.3 is 14.2 Å². The molecule has 0 saturated carbocycles. The molecule has 1 rings (SSSR count). The van der Waals surface area contributed by atoms with E-state index in [0.717, 1.165) is 13.0 Å². The predicted molar refractivity (Wildman–Crippen MR) is 36.8 cm³/mol. The Hall–Kier alpha value is -0.120. The van der Waals surface area contributed by atoms with Gasteiger partial charge in [0, 0.05) is 7.11 Å². The zero-order valence-corrected chi connectivity index (χ0v) is 6.55. The molecule has 1 aliphatic rings. The lowest BCUT2D eigenvalue weighted by atomic mass is 10.1. The van der Waals surface area contributed by atoms with E-state index < -0.39 is 0 Å². The Morgan fingerprint density at radius 1 is 1.60 bits per heavy atom. The fraction of sp³-hybridized carbons (Fsp3) is 1.00. The quantitative estimate of drug-likeness (QED) is 0.326. The molecule has 60 valence electrons. The van der Waals surface area contributed by atoms with E-state index in [1.54, 1.807) is 7.11 Å². The summed E-state index contributed by atoms with van der Waals surface area (Å²) < 4.78 is 15.1. The van der Waals surface area contributed by atoms with Gasteiger partial charge in [0.25, 0.3) is 0 Å². The Bertz CT molecular complexity index is 99.0. The van der Waals surface area contributed by atoms with E-state index >= 15 is 0 Å². The van der Waals surface area contributed by atoms with Crippen LogP contribution in [0.4, 0.5) is 0 Å². The van der Waals surface area contributed by atoms with Gasteiger partial charge in [-0.05, 0) is 6.42 Å². The summed E-state index contributed by atoms with van der Waals surface area (Å²) >= 11 is 0. The van der Waals surface area contributed by atoms with Crippen molar-refractivity contribution in [3.05, 3.63) is 0 Å². The highest BCUT2D eigenvalue weighted by molar-refractivity contribution is 4.90. The number of ether oxygens (including phenoxy) is 3. The molecule has 10 heavy (non-hydrogen) atoms. The lowest BCUT2D eigenvalue weighted by molar-refractivity contribution is -0.0489. The lowest BCUT2D eigenvalue weighted by Gasteiger charge is -2.07. The molecule has 1 aliphatic heterocycles. The van der Waals surface area contributed by atoms with E-state index in [9.17, 15) is 0 Å². The van der Waals surface area contributed by atoms with Gasteiger partial charge in [0.05, 0.1) is 13.2 Å². The molecule has 3 nitrogen and oxygen atoms in total. The van der Waals surface area contributed by atoms with E-state index in [0.29, 0.717) is 13.4 Å². The Morgan fingerprint density at radius 3 is 2.70 bits per heavy atom. The molecule has 0 radical (unpaired) electrons. The highest BCUT2D eigenvalue weighted by Crippen LogP contribution is 2.30. The van der Waals surface area contributed by atoms with Crippen LogP contribution in [0, 0.1) is 0 Å². The summed E-state index contributed by atoms with van der Waals surface area (Å²) in [6.07, 6.45) is 1.02. The first-order chi connectivity index (χ1) is 4.83. The number of epoxide rings is 1. The van der Waals surface area contributed by atoms with Crippen LogP contribution in [0.1, 0.15) is 13.3 Å². The molecule has 0 aromatic rings. The van der Waals surface area contributed by atoms with Gasteiger partial charge in [-0.2, -0.15) is 0 Å². The average molecular weight is 146 g/mol. The predicted octanol–water partition coefficient (Wildman–Crippen LogP) is 0.786. The monoisotopic (exact) mass is 146 g/mol. The van der Waals surface area contributed by atoms with Crippen LogP contribution in [0.25, 0.3) is 0 Å². The molecule has 1 heterocycles. The molecular formula is C7H14O3. The van der Waals surface area contributed by atoms with Crippen molar-refractivity contribution in [1.82, 2.24) is 0 Å². The fourth-order valence-corrected chi connectivity index (χ4v) is 0.803. The van der Waals surface area contributed by atoms with Gasteiger partial charge in [-0.3, -0.25) is 0 Å². The van der Waals surface area contributed by atoms with E-state index in [2.05, 4.69) is 6.92 Å². The van der Waals surface area contributed by atoms with Gasteiger partial charge in [0.15, 0.2) is 0 Å². The summed E-state index contributed by atoms with van der Waals surface area (Å²) in [5.74, 6) is 0. The third-order valence-corrected chi connectivity index (χ3v) is 1.76. The highest BCUT2D eigenvalue weighted by Gasteiger charge is 2.42. The molecule has 0 aliphatic carbocycles. The number of methoxy groups -OCH3 is 1. The smallest absolute Gasteiger partial charge is 0.146 e. The van der Waals surface area contributed by atoms with Gasteiger partial charge in [-0.1, -0.05) is 6.92 Å². The molecule has 0 spiro atoms.